The highest BCUT2D eigenvalue weighted by Gasteiger charge is 2.43. The monoisotopic (exact) mass is 254 g/mol. The Morgan fingerprint density at radius 3 is 2.78 bits per heavy atom. The van der Waals surface area contributed by atoms with Gasteiger partial charge < -0.3 is 10.2 Å². The Labute approximate surface area is 104 Å². The lowest BCUT2D eigenvalue weighted by atomic mass is 9.87. The minimum atomic E-state index is -0.647. The van der Waals surface area contributed by atoms with Crippen molar-refractivity contribution in [2.45, 2.75) is 38.8 Å². The van der Waals surface area contributed by atoms with Crippen molar-refractivity contribution in [2.24, 2.45) is 5.41 Å². The van der Waals surface area contributed by atoms with E-state index in [1.165, 1.54) is 10.8 Å². The van der Waals surface area contributed by atoms with Crippen LogP contribution in [0.15, 0.2) is 15.8 Å². The number of aromatic nitrogens is 2. The molecule has 0 spiro atoms. The number of hydrogen-bond acceptors (Lipinski definition) is 4. The molecule has 3 atom stereocenters. The maximum atomic E-state index is 11.7. The lowest BCUT2D eigenvalue weighted by molar-refractivity contribution is 0.0201. The zero-order valence-corrected chi connectivity index (χ0v) is 10.5. The number of nitrogens with zero attached hydrogens (tertiary/aromatic N) is 1. The fraction of sp³-hybridized carbons (Fsp3) is 0.667. The van der Waals surface area contributed by atoms with Crippen LogP contribution in [-0.2, 0) is 0 Å². The highest BCUT2D eigenvalue weighted by atomic mass is 16.3. The summed E-state index contributed by atoms with van der Waals surface area (Å²) in [7, 11) is 0. The van der Waals surface area contributed by atoms with Gasteiger partial charge >= 0.3 is 5.69 Å². The van der Waals surface area contributed by atoms with E-state index in [1.807, 2.05) is 0 Å². The van der Waals surface area contributed by atoms with Crippen molar-refractivity contribution in [1.29, 1.82) is 0 Å². The molecule has 1 heterocycles. The molecule has 1 aromatic rings. The van der Waals surface area contributed by atoms with Crippen molar-refractivity contribution in [3.05, 3.63) is 32.6 Å². The van der Waals surface area contributed by atoms with Gasteiger partial charge in [-0.15, -0.1) is 0 Å². The average Bonchev–Trinajstić information content (AvgIpc) is 2.61. The predicted molar refractivity (Wildman–Crippen MR) is 65.5 cm³/mol. The van der Waals surface area contributed by atoms with Crippen molar-refractivity contribution in [3.8, 4) is 0 Å². The van der Waals surface area contributed by atoms with E-state index in [4.69, 9.17) is 0 Å². The molecule has 6 nitrogen and oxygen atoms in total. The van der Waals surface area contributed by atoms with Gasteiger partial charge in [0.15, 0.2) is 0 Å². The summed E-state index contributed by atoms with van der Waals surface area (Å²) in [5.41, 5.74) is -0.986. The number of H-pyrrole nitrogens is 1. The Balaban J connectivity index is 2.38. The van der Waals surface area contributed by atoms with Gasteiger partial charge in [-0.3, -0.25) is 14.3 Å². The number of nitrogens with one attached hydrogen (secondary N) is 1. The highest BCUT2D eigenvalue weighted by Crippen LogP contribution is 2.43. The van der Waals surface area contributed by atoms with Crippen molar-refractivity contribution < 1.29 is 10.2 Å². The van der Waals surface area contributed by atoms with Crippen molar-refractivity contribution in [2.75, 3.05) is 6.61 Å². The van der Waals surface area contributed by atoms with E-state index in [2.05, 4.69) is 4.98 Å². The largest absolute Gasteiger partial charge is 0.396 e. The molecular formula is C12H18N2O4. The lowest BCUT2D eigenvalue weighted by Gasteiger charge is -2.24. The Kier molecular flexibility index (Phi) is 3.16. The van der Waals surface area contributed by atoms with E-state index in [0.29, 0.717) is 18.4 Å². The number of hydrogen-bond donors (Lipinski definition) is 3. The molecule has 0 aliphatic heterocycles. The first-order chi connectivity index (χ1) is 8.37. The van der Waals surface area contributed by atoms with Gasteiger partial charge in [0, 0.05) is 23.2 Å². The van der Waals surface area contributed by atoms with Crippen LogP contribution in [0.25, 0.3) is 0 Å². The summed E-state index contributed by atoms with van der Waals surface area (Å²) >= 11 is 0. The molecule has 2 rings (SSSR count). The third-order valence-electron chi connectivity index (χ3n) is 3.90. The van der Waals surface area contributed by atoms with Crippen molar-refractivity contribution >= 4 is 0 Å². The normalized spacial score (nSPS) is 31.8. The second-order valence-electron chi connectivity index (χ2n) is 5.40. The molecule has 0 amide bonds. The number of aryl methyl sites for hydroxylation is 1. The fourth-order valence-corrected chi connectivity index (χ4v) is 2.54. The molecule has 1 saturated carbocycles. The molecule has 0 saturated heterocycles. The van der Waals surface area contributed by atoms with Gasteiger partial charge in [0.1, 0.15) is 0 Å². The first-order valence-electron chi connectivity index (χ1n) is 5.98. The van der Waals surface area contributed by atoms with Crippen LogP contribution in [0, 0.1) is 12.3 Å². The summed E-state index contributed by atoms with van der Waals surface area (Å²) < 4.78 is 1.45. The third-order valence-corrected chi connectivity index (χ3v) is 3.90. The van der Waals surface area contributed by atoms with Gasteiger partial charge in [-0.1, -0.05) is 6.92 Å². The van der Waals surface area contributed by atoms with Crippen LogP contribution in [0.1, 0.15) is 31.4 Å². The summed E-state index contributed by atoms with van der Waals surface area (Å²) in [6, 6.07) is -0.194. The summed E-state index contributed by atoms with van der Waals surface area (Å²) in [5.74, 6) is 0. The predicted octanol–water partition coefficient (Wildman–Crippen LogP) is -0.461. The van der Waals surface area contributed by atoms with Crippen LogP contribution in [-0.4, -0.2) is 32.5 Å². The summed E-state index contributed by atoms with van der Waals surface area (Å²) in [6.45, 7) is 3.30. The number of aliphatic hydroxyl groups excluding tert-OH is 2. The Morgan fingerprint density at radius 1 is 1.56 bits per heavy atom. The van der Waals surface area contributed by atoms with Gasteiger partial charge in [-0.25, -0.2) is 4.79 Å². The highest BCUT2D eigenvalue weighted by molar-refractivity contribution is 5.04. The second-order valence-corrected chi connectivity index (χ2v) is 5.40. The first kappa shape index (κ1) is 13.0. The Hall–Kier alpha value is -1.40. The molecule has 18 heavy (non-hydrogen) atoms. The van der Waals surface area contributed by atoms with E-state index in [-0.39, 0.29) is 18.2 Å². The molecule has 0 aromatic carbocycles. The molecule has 100 valence electrons. The van der Waals surface area contributed by atoms with Crippen LogP contribution in [0.5, 0.6) is 0 Å². The third kappa shape index (κ3) is 2.02. The standard InChI is InChI=1S/C12H18N2O4/c1-7-5-14(11(18)13-10(7)17)8-3-9(16)12(2,4-8)6-15/h5,8-9,15-16H,3-4,6H2,1-2H3,(H,13,17,18)/t8-,9-,12?/m0/s1. The van der Waals surface area contributed by atoms with E-state index < -0.39 is 17.2 Å². The Bertz CT molecular complexity index is 562. The molecule has 1 aliphatic rings. The zero-order valence-electron chi connectivity index (χ0n) is 10.5. The fourth-order valence-electron chi connectivity index (χ4n) is 2.54. The van der Waals surface area contributed by atoms with Crippen molar-refractivity contribution in [3.63, 3.8) is 0 Å². The minimum Gasteiger partial charge on any atom is -0.396 e. The molecule has 1 aromatic heterocycles. The first-order valence-corrected chi connectivity index (χ1v) is 5.98. The minimum absolute atomic E-state index is 0.123. The topological polar surface area (TPSA) is 95.3 Å². The molecule has 0 bridgehead atoms. The second kappa shape index (κ2) is 4.37. The summed E-state index contributed by atoms with van der Waals surface area (Å²) in [5, 5.41) is 19.3. The Morgan fingerprint density at radius 2 is 2.22 bits per heavy atom. The molecule has 3 N–H and O–H groups in total. The quantitative estimate of drug-likeness (QED) is 0.665. The smallest absolute Gasteiger partial charge is 0.328 e. The van der Waals surface area contributed by atoms with Gasteiger partial charge in [-0.05, 0) is 19.8 Å². The molecule has 6 heteroatoms. The van der Waals surface area contributed by atoms with E-state index in [1.54, 1.807) is 13.8 Å². The van der Waals surface area contributed by atoms with Gasteiger partial charge in [-0.2, -0.15) is 0 Å². The number of aliphatic hydroxyl groups is 2. The molecule has 1 aliphatic carbocycles. The van der Waals surface area contributed by atoms with Crippen LogP contribution in [0.4, 0.5) is 0 Å². The van der Waals surface area contributed by atoms with Crippen LogP contribution in [0.2, 0.25) is 0 Å². The number of rotatable bonds is 2. The lowest BCUT2D eigenvalue weighted by Crippen LogP contribution is -2.33. The van der Waals surface area contributed by atoms with Gasteiger partial charge in [0.05, 0.1) is 12.7 Å². The molecule has 1 unspecified atom stereocenters. The summed E-state index contributed by atoms with van der Waals surface area (Å²) in [4.78, 5) is 25.3. The SMILES string of the molecule is Cc1cn([C@H]2C[C@H](O)C(C)(CO)C2)c(=O)[nH]c1=O. The maximum absolute atomic E-state index is 11.7. The van der Waals surface area contributed by atoms with E-state index >= 15 is 0 Å². The van der Waals surface area contributed by atoms with Crippen LogP contribution < -0.4 is 11.2 Å². The number of aromatic amines is 1. The van der Waals surface area contributed by atoms with E-state index in [0.717, 1.165) is 0 Å². The van der Waals surface area contributed by atoms with Crippen LogP contribution in [0.3, 0.4) is 0 Å². The zero-order chi connectivity index (χ0) is 13.5. The summed E-state index contributed by atoms with van der Waals surface area (Å²) in [6.07, 6.45) is 1.78. The van der Waals surface area contributed by atoms with Gasteiger partial charge in [0.25, 0.3) is 5.56 Å². The maximum Gasteiger partial charge on any atom is 0.328 e. The van der Waals surface area contributed by atoms with E-state index in [9.17, 15) is 19.8 Å². The molecule has 1 fully saturated rings. The van der Waals surface area contributed by atoms with Crippen LogP contribution >= 0.6 is 0 Å². The molecule has 0 radical (unpaired) electrons. The van der Waals surface area contributed by atoms with Gasteiger partial charge in [0.2, 0.25) is 0 Å². The molecular weight excluding hydrogens is 236 g/mol. The average molecular weight is 254 g/mol. The van der Waals surface area contributed by atoms with Crippen molar-refractivity contribution in [1.82, 2.24) is 9.55 Å².